The van der Waals surface area contributed by atoms with Gasteiger partial charge in [-0.2, -0.15) is 5.10 Å². The molecule has 0 bridgehead atoms. The lowest BCUT2D eigenvalue weighted by molar-refractivity contribution is -0.124. The number of halogens is 2. The molecule has 0 fully saturated rings. The predicted molar refractivity (Wildman–Crippen MR) is 94.9 cm³/mol. The Labute approximate surface area is 147 Å². The largest absolute Gasteiger partial charge is 0.354 e. The average molecular weight is 355 g/mol. The molecule has 0 unspecified atom stereocenters. The molecule has 1 aromatic heterocycles. The summed E-state index contributed by atoms with van der Waals surface area (Å²) in [7, 11) is 0. The minimum Gasteiger partial charge on any atom is -0.354 e. The van der Waals surface area contributed by atoms with Gasteiger partial charge in [0.05, 0.1) is 17.4 Å². The van der Waals surface area contributed by atoms with Crippen LogP contribution in [0.4, 0.5) is 4.39 Å². The molecule has 3 N–H and O–H groups in total. The van der Waals surface area contributed by atoms with Gasteiger partial charge < -0.3 is 11.1 Å². The zero-order valence-electron chi connectivity index (χ0n) is 14.1. The molecular formula is C17H24ClFN4O. The number of carbonyl (C=O) groups excluding carboxylic acids is 1. The standard InChI is InChI=1S/C17H23FN4O.ClH/c1-17(2,3)15(19)16(23)20-10-8-13-9-11-22(21-13)14-6-4-12(18)5-7-14;/h4-7,9,11,15H,8,10,19H2,1-3H3,(H,20,23);1H/t15-;/m1./s1. The minimum atomic E-state index is -0.542. The number of carbonyl (C=O) groups is 1. The van der Waals surface area contributed by atoms with Gasteiger partial charge in [-0.05, 0) is 35.7 Å². The van der Waals surface area contributed by atoms with Crippen LogP contribution in [0.5, 0.6) is 0 Å². The Morgan fingerprint density at radius 3 is 2.50 bits per heavy atom. The molecule has 1 amide bonds. The molecule has 5 nitrogen and oxygen atoms in total. The number of nitrogens with zero attached hydrogens (tertiary/aromatic N) is 2. The van der Waals surface area contributed by atoms with E-state index in [1.54, 1.807) is 16.8 Å². The Kier molecular flexibility index (Phi) is 6.93. The highest BCUT2D eigenvalue weighted by Crippen LogP contribution is 2.17. The van der Waals surface area contributed by atoms with Crippen LogP contribution < -0.4 is 11.1 Å². The number of aromatic nitrogens is 2. The molecule has 24 heavy (non-hydrogen) atoms. The van der Waals surface area contributed by atoms with Crippen LogP contribution in [0.3, 0.4) is 0 Å². The third kappa shape index (κ3) is 5.32. The van der Waals surface area contributed by atoms with E-state index < -0.39 is 6.04 Å². The van der Waals surface area contributed by atoms with Gasteiger partial charge in [0.15, 0.2) is 0 Å². The van der Waals surface area contributed by atoms with E-state index in [0.717, 1.165) is 11.4 Å². The summed E-state index contributed by atoms with van der Waals surface area (Å²) < 4.78 is 14.6. The van der Waals surface area contributed by atoms with E-state index in [0.29, 0.717) is 13.0 Å². The zero-order valence-corrected chi connectivity index (χ0v) is 14.9. The van der Waals surface area contributed by atoms with Gasteiger partial charge in [-0.15, -0.1) is 12.4 Å². The van der Waals surface area contributed by atoms with Crippen LogP contribution in [0.1, 0.15) is 26.5 Å². The quantitative estimate of drug-likeness (QED) is 0.866. The molecule has 1 atom stereocenters. The van der Waals surface area contributed by atoms with E-state index in [1.807, 2.05) is 33.0 Å². The van der Waals surface area contributed by atoms with E-state index in [4.69, 9.17) is 5.73 Å². The second-order valence-electron chi connectivity index (χ2n) is 6.61. The van der Waals surface area contributed by atoms with Crippen LogP contribution in [0.15, 0.2) is 36.5 Å². The molecule has 1 aromatic carbocycles. The molecule has 0 radical (unpaired) electrons. The molecule has 132 valence electrons. The normalized spacial score (nSPS) is 12.4. The summed E-state index contributed by atoms with van der Waals surface area (Å²) in [4.78, 5) is 11.9. The predicted octanol–water partition coefficient (Wildman–Crippen LogP) is 2.47. The molecule has 0 aliphatic heterocycles. The molecule has 2 rings (SSSR count). The average Bonchev–Trinajstić information content (AvgIpc) is 2.95. The molecule has 7 heteroatoms. The van der Waals surface area contributed by atoms with Gasteiger partial charge in [0.2, 0.25) is 5.91 Å². The highest BCUT2D eigenvalue weighted by Gasteiger charge is 2.26. The molecule has 0 spiro atoms. The van der Waals surface area contributed by atoms with Crippen LogP contribution in [0.25, 0.3) is 5.69 Å². The van der Waals surface area contributed by atoms with Crippen LogP contribution in [-0.2, 0) is 11.2 Å². The third-order valence-electron chi connectivity index (χ3n) is 3.63. The molecule has 0 aliphatic carbocycles. The van der Waals surface area contributed by atoms with Crippen molar-refractivity contribution >= 4 is 18.3 Å². The Morgan fingerprint density at radius 1 is 1.29 bits per heavy atom. The van der Waals surface area contributed by atoms with Crippen molar-refractivity contribution in [3.05, 3.63) is 48.0 Å². The van der Waals surface area contributed by atoms with E-state index in [1.165, 1.54) is 12.1 Å². The second-order valence-corrected chi connectivity index (χ2v) is 6.61. The Balaban J connectivity index is 0.00000288. The number of rotatable bonds is 5. The molecule has 0 aliphatic rings. The Hall–Kier alpha value is -1.92. The van der Waals surface area contributed by atoms with Gasteiger partial charge in [0.1, 0.15) is 5.82 Å². The molecule has 2 aromatic rings. The fraction of sp³-hybridized carbons (Fsp3) is 0.412. The number of benzene rings is 1. The molecule has 1 heterocycles. The fourth-order valence-electron chi connectivity index (χ4n) is 2.05. The fourth-order valence-corrected chi connectivity index (χ4v) is 2.05. The van der Waals surface area contributed by atoms with E-state index in [-0.39, 0.29) is 29.5 Å². The van der Waals surface area contributed by atoms with E-state index >= 15 is 0 Å². The summed E-state index contributed by atoms with van der Waals surface area (Å²) in [6, 6.07) is 7.45. The van der Waals surface area contributed by atoms with Crippen LogP contribution >= 0.6 is 12.4 Å². The van der Waals surface area contributed by atoms with Crippen molar-refractivity contribution in [3.8, 4) is 5.69 Å². The van der Waals surface area contributed by atoms with E-state index in [9.17, 15) is 9.18 Å². The van der Waals surface area contributed by atoms with Crippen molar-refractivity contribution in [2.75, 3.05) is 6.54 Å². The summed E-state index contributed by atoms with van der Waals surface area (Å²) in [6.07, 6.45) is 2.42. The smallest absolute Gasteiger partial charge is 0.237 e. The highest BCUT2D eigenvalue weighted by molar-refractivity contribution is 5.85. The second kappa shape index (κ2) is 8.26. The summed E-state index contributed by atoms with van der Waals surface area (Å²) in [6.45, 7) is 6.27. The molecular weight excluding hydrogens is 331 g/mol. The van der Waals surface area contributed by atoms with Gasteiger partial charge in [-0.1, -0.05) is 20.8 Å². The Morgan fingerprint density at radius 2 is 1.92 bits per heavy atom. The summed E-state index contributed by atoms with van der Waals surface area (Å²) in [5.74, 6) is -0.436. The number of nitrogens with one attached hydrogen (secondary N) is 1. The lowest BCUT2D eigenvalue weighted by Gasteiger charge is -2.25. The van der Waals surface area contributed by atoms with Gasteiger partial charge in [0.25, 0.3) is 0 Å². The van der Waals surface area contributed by atoms with Crippen molar-refractivity contribution < 1.29 is 9.18 Å². The van der Waals surface area contributed by atoms with Crippen molar-refractivity contribution in [1.82, 2.24) is 15.1 Å². The maximum atomic E-state index is 12.9. The van der Waals surface area contributed by atoms with Crippen molar-refractivity contribution in [1.29, 1.82) is 0 Å². The Bertz CT molecular complexity index is 664. The highest BCUT2D eigenvalue weighted by atomic mass is 35.5. The third-order valence-corrected chi connectivity index (χ3v) is 3.63. The van der Waals surface area contributed by atoms with E-state index in [2.05, 4.69) is 10.4 Å². The zero-order chi connectivity index (χ0) is 17.0. The first-order chi connectivity index (χ1) is 10.8. The number of nitrogens with two attached hydrogens (primary N) is 1. The summed E-state index contributed by atoms with van der Waals surface area (Å²) >= 11 is 0. The maximum absolute atomic E-state index is 12.9. The van der Waals surface area contributed by atoms with Gasteiger partial charge in [0, 0.05) is 19.2 Å². The molecule has 0 saturated carbocycles. The lowest BCUT2D eigenvalue weighted by Crippen LogP contribution is -2.49. The number of amides is 1. The van der Waals surface area contributed by atoms with Gasteiger partial charge >= 0.3 is 0 Å². The topological polar surface area (TPSA) is 72.9 Å². The van der Waals surface area contributed by atoms with Crippen LogP contribution in [-0.4, -0.2) is 28.3 Å². The minimum absolute atomic E-state index is 0. The van der Waals surface area contributed by atoms with Crippen molar-refractivity contribution in [3.63, 3.8) is 0 Å². The van der Waals surface area contributed by atoms with Crippen LogP contribution in [0.2, 0.25) is 0 Å². The van der Waals surface area contributed by atoms with Crippen LogP contribution in [0, 0.1) is 11.2 Å². The van der Waals surface area contributed by atoms with Crippen molar-refractivity contribution in [2.24, 2.45) is 11.1 Å². The number of hydrogen-bond acceptors (Lipinski definition) is 3. The van der Waals surface area contributed by atoms with Gasteiger partial charge in [-0.3, -0.25) is 4.79 Å². The monoisotopic (exact) mass is 354 g/mol. The number of hydrogen-bond donors (Lipinski definition) is 2. The SMILES string of the molecule is CC(C)(C)[C@H](N)C(=O)NCCc1ccn(-c2ccc(F)cc2)n1.Cl. The maximum Gasteiger partial charge on any atom is 0.237 e. The summed E-state index contributed by atoms with van der Waals surface area (Å²) in [5, 5.41) is 7.24. The molecule has 0 saturated heterocycles. The van der Waals surface area contributed by atoms with Gasteiger partial charge in [-0.25, -0.2) is 9.07 Å². The van der Waals surface area contributed by atoms with Crippen molar-refractivity contribution in [2.45, 2.75) is 33.2 Å². The first-order valence-electron chi connectivity index (χ1n) is 7.61. The first kappa shape index (κ1) is 20.1. The first-order valence-corrected chi connectivity index (χ1v) is 7.61. The summed E-state index contributed by atoms with van der Waals surface area (Å²) in [5.41, 5.74) is 7.27. The lowest BCUT2D eigenvalue weighted by atomic mass is 9.87.